The molecule has 0 aliphatic carbocycles. The van der Waals surface area contributed by atoms with Crippen molar-refractivity contribution in [1.29, 1.82) is 0 Å². The fourth-order valence-corrected chi connectivity index (χ4v) is 3.38. The average molecular weight is 340 g/mol. The second-order valence-electron chi connectivity index (χ2n) is 6.39. The van der Waals surface area contributed by atoms with Gasteiger partial charge in [0.25, 0.3) is 0 Å². The maximum atomic E-state index is 10.8. The van der Waals surface area contributed by atoms with Gasteiger partial charge in [-0.15, -0.1) is 0 Å². The number of ether oxygens (including phenoxy) is 4. The van der Waals surface area contributed by atoms with Crippen LogP contribution in [0.15, 0.2) is 36.4 Å². The second kappa shape index (κ2) is 7.05. The zero-order valence-corrected chi connectivity index (χ0v) is 13.9. The molecule has 5 nitrogen and oxygen atoms in total. The van der Waals surface area contributed by atoms with E-state index in [9.17, 15) is 4.79 Å². The predicted octanol–water partition coefficient (Wildman–Crippen LogP) is 3.52. The zero-order valence-electron chi connectivity index (χ0n) is 13.9. The minimum Gasteiger partial charge on any atom is -0.454 e. The predicted molar refractivity (Wildman–Crippen MR) is 91.3 cm³/mol. The highest BCUT2D eigenvalue weighted by Gasteiger charge is 2.18. The van der Waals surface area contributed by atoms with Crippen LogP contribution in [-0.2, 0) is 17.6 Å². The van der Waals surface area contributed by atoms with Crippen molar-refractivity contribution in [3.05, 3.63) is 47.5 Å². The molecule has 0 saturated heterocycles. The Hall–Kier alpha value is -2.69. The van der Waals surface area contributed by atoms with Crippen molar-refractivity contribution in [2.45, 2.75) is 25.7 Å². The molecule has 2 aliphatic rings. The maximum absolute atomic E-state index is 10.8. The molecule has 0 bridgehead atoms. The van der Waals surface area contributed by atoms with Crippen molar-refractivity contribution in [2.24, 2.45) is 5.92 Å². The number of hydrogen-bond acceptors (Lipinski definition) is 5. The number of carbonyl (C=O) groups is 1. The fourth-order valence-electron chi connectivity index (χ4n) is 3.38. The lowest BCUT2D eigenvalue weighted by Gasteiger charge is -2.17. The standard InChI is InChI=1S/C20H20O5/c21-7-1-2-14(8-15-3-5-17-19(10-15)24-12-22-17)9-16-4-6-18-20(11-16)25-13-23-18/h3-7,10-11,14H,1-2,8-9,12-13H2. The van der Waals surface area contributed by atoms with Crippen LogP contribution in [0.2, 0.25) is 0 Å². The summed E-state index contributed by atoms with van der Waals surface area (Å²) in [6, 6.07) is 12.1. The summed E-state index contributed by atoms with van der Waals surface area (Å²) < 4.78 is 21.7. The fraction of sp³-hybridized carbons (Fsp3) is 0.350. The van der Waals surface area contributed by atoms with Gasteiger partial charge in [0.2, 0.25) is 13.6 Å². The first-order valence-electron chi connectivity index (χ1n) is 8.52. The molecular weight excluding hydrogens is 320 g/mol. The van der Waals surface area contributed by atoms with Crippen LogP contribution in [0.5, 0.6) is 23.0 Å². The van der Waals surface area contributed by atoms with E-state index in [4.69, 9.17) is 18.9 Å². The minimum atomic E-state index is 0.282. The van der Waals surface area contributed by atoms with Crippen molar-refractivity contribution in [2.75, 3.05) is 13.6 Å². The molecule has 5 heteroatoms. The minimum absolute atomic E-state index is 0.282. The number of carbonyl (C=O) groups excluding carboxylic acids is 1. The van der Waals surface area contributed by atoms with Gasteiger partial charge in [-0.1, -0.05) is 12.1 Å². The highest BCUT2D eigenvalue weighted by Crippen LogP contribution is 2.35. The molecule has 4 rings (SSSR count). The summed E-state index contributed by atoms with van der Waals surface area (Å²) in [5.74, 6) is 3.56. The highest BCUT2D eigenvalue weighted by atomic mass is 16.7. The van der Waals surface area contributed by atoms with Crippen LogP contribution in [0, 0.1) is 5.92 Å². The lowest BCUT2D eigenvalue weighted by atomic mass is 9.89. The molecule has 0 radical (unpaired) electrons. The van der Waals surface area contributed by atoms with Crippen molar-refractivity contribution >= 4 is 6.29 Å². The van der Waals surface area contributed by atoms with E-state index < -0.39 is 0 Å². The SMILES string of the molecule is O=CCCC(Cc1ccc2c(c1)OCO2)Cc1ccc2c(c1)OCO2. The first-order chi connectivity index (χ1) is 12.3. The molecule has 0 N–H and O–H groups in total. The Morgan fingerprint density at radius 1 is 0.800 bits per heavy atom. The van der Waals surface area contributed by atoms with Gasteiger partial charge in [-0.2, -0.15) is 0 Å². The molecule has 0 saturated carbocycles. The Morgan fingerprint density at radius 3 is 1.84 bits per heavy atom. The maximum Gasteiger partial charge on any atom is 0.231 e. The molecule has 2 aromatic rings. The van der Waals surface area contributed by atoms with E-state index in [1.807, 2.05) is 24.3 Å². The van der Waals surface area contributed by atoms with E-state index in [0.717, 1.165) is 48.5 Å². The molecule has 2 aromatic carbocycles. The van der Waals surface area contributed by atoms with Crippen LogP contribution in [0.3, 0.4) is 0 Å². The van der Waals surface area contributed by atoms with Gasteiger partial charge in [0.05, 0.1) is 0 Å². The Balaban J connectivity index is 1.48. The van der Waals surface area contributed by atoms with Crippen molar-refractivity contribution < 1.29 is 23.7 Å². The molecule has 130 valence electrons. The van der Waals surface area contributed by atoms with E-state index in [-0.39, 0.29) is 13.6 Å². The molecule has 0 spiro atoms. The summed E-state index contributed by atoms with van der Waals surface area (Å²) in [7, 11) is 0. The first-order valence-corrected chi connectivity index (χ1v) is 8.52. The van der Waals surface area contributed by atoms with Crippen molar-refractivity contribution in [3.63, 3.8) is 0 Å². The number of aldehydes is 1. The molecule has 0 amide bonds. The average Bonchev–Trinajstić information content (AvgIpc) is 3.27. The molecular formula is C20H20O5. The summed E-state index contributed by atoms with van der Waals surface area (Å²) in [6.07, 6.45) is 4.19. The zero-order chi connectivity index (χ0) is 17.1. The van der Waals surface area contributed by atoms with Gasteiger partial charge in [-0.25, -0.2) is 0 Å². The van der Waals surface area contributed by atoms with Crippen LogP contribution in [0.1, 0.15) is 24.0 Å². The number of hydrogen-bond donors (Lipinski definition) is 0. The van der Waals surface area contributed by atoms with Gasteiger partial charge in [-0.05, 0) is 60.6 Å². The molecule has 0 atom stereocenters. The Kier molecular flexibility index (Phi) is 4.46. The monoisotopic (exact) mass is 340 g/mol. The van der Waals surface area contributed by atoms with Gasteiger partial charge < -0.3 is 23.7 Å². The van der Waals surface area contributed by atoms with E-state index in [1.54, 1.807) is 0 Å². The van der Waals surface area contributed by atoms with Crippen LogP contribution < -0.4 is 18.9 Å². The lowest BCUT2D eigenvalue weighted by Crippen LogP contribution is -2.09. The van der Waals surface area contributed by atoms with Gasteiger partial charge >= 0.3 is 0 Å². The van der Waals surface area contributed by atoms with Gasteiger partial charge in [0.15, 0.2) is 23.0 Å². The Morgan fingerprint density at radius 2 is 1.32 bits per heavy atom. The smallest absolute Gasteiger partial charge is 0.231 e. The van der Waals surface area contributed by atoms with Gasteiger partial charge in [0.1, 0.15) is 6.29 Å². The summed E-state index contributed by atoms with van der Waals surface area (Å²) in [5.41, 5.74) is 2.39. The molecule has 2 aliphatic heterocycles. The molecule has 0 fully saturated rings. The Bertz CT molecular complexity index is 711. The number of benzene rings is 2. The topological polar surface area (TPSA) is 54.0 Å². The third-order valence-corrected chi connectivity index (χ3v) is 4.62. The number of rotatable bonds is 7. The molecule has 25 heavy (non-hydrogen) atoms. The van der Waals surface area contributed by atoms with Gasteiger partial charge in [-0.3, -0.25) is 0 Å². The van der Waals surface area contributed by atoms with Gasteiger partial charge in [0, 0.05) is 6.42 Å². The summed E-state index contributed by atoms with van der Waals surface area (Å²) in [6.45, 7) is 0.565. The lowest BCUT2D eigenvalue weighted by molar-refractivity contribution is -0.108. The summed E-state index contributed by atoms with van der Waals surface area (Å²) >= 11 is 0. The summed E-state index contributed by atoms with van der Waals surface area (Å²) in [5, 5.41) is 0. The third kappa shape index (κ3) is 3.55. The number of fused-ring (bicyclic) bond motifs is 2. The van der Waals surface area contributed by atoms with Crippen LogP contribution in [0.25, 0.3) is 0 Å². The quantitative estimate of drug-likeness (QED) is 0.722. The van der Waals surface area contributed by atoms with Crippen LogP contribution >= 0.6 is 0 Å². The third-order valence-electron chi connectivity index (χ3n) is 4.62. The normalized spacial score (nSPS) is 14.1. The van der Waals surface area contributed by atoms with E-state index >= 15 is 0 Å². The largest absolute Gasteiger partial charge is 0.454 e. The van der Waals surface area contributed by atoms with E-state index in [0.29, 0.717) is 12.3 Å². The second-order valence-corrected chi connectivity index (χ2v) is 6.39. The Labute approximate surface area is 146 Å². The van der Waals surface area contributed by atoms with Crippen molar-refractivity contribution in [1.82, 2.24) is 0 Å². The van der Waals surface area contributed by atoms with E-state index in [2.05, 4.69) is 12.1 Å². The molecule has 2 heterocycles. The molecule has 0 aromatic heterocycles. The first kappa shape index (κ1) is 15.8. The van der Waals surface area contributed by atoms with E-state index in [1.165, 1.54) is 11.1 Å². The van der Waals surface area contributed by atoms with Crippen molar-refractivity contribution in [3.8, 4) is 23.0 Å². The van der Waals surface area contributed by atoms with Crippen LogP contribution in [-0.4, -0.2) is 19.9 Å². The molecule has 0 unspecified atom stereocenters. The summed E-state index contributed by atoms with van der Waals surface area (Å²) in [4.78, 5) is 10.8. The van der Waals surface area contributed by atoms with Crippen LogP contribution in [0.4, 0.5) is 0 Å². The highest BCUT2D eigenvalue weighted by molar-refractivity contribution is 5.49.